The molecule has 1 amide bonds. The molecule has 0 spiro atoms. The first kappa shape index (κ1) is 12.8. The Labute approximate surface area is 102 Å². The number of nitrogens with one attached hydrogen (secondary N) is 1. The minimum Gasteiger partial charge on any atom is -0.379 e. The lowest BCUT2D eigenvalue weighted by Gasteiger charge is -2.29. The largest absolute Gasteiger partial charge is 0.379 e. The first-order valence-electron chi connectivity index (χ1n) is 6.48. The van der Waals surface area contributed by atoms with Gasteiger partial charge in [0.1, 0.15) is 6.10 Å². The summed E-state index contributed by atoms with van der Waals surface area (Å²) in [6.45, 7) is 7.17. The molecule has 0 unspecified atom stereocenters. The van der Waals surface area contributed by atoms with Crippen LogP contribution in [0.5, 0.6) is 0 Å². The normalized spacial score (nSPS) is 27.9. The zero-order chi connectivity index (χ0) is 12.1. The monoisotopic (exact) mass is 242 g/mol. The van der Waals surface area contributed by atoms with Gasteiger partial charge in [0, 0.05) is 32.3 Å². The molecule has 2 rings (SSSR count). The van der Waals surface area contributed by atoms with Gasteiger partial charge >= 0.3 is 0 Å². The Morgan fingerprint density at radius 3 is 2.82 bits per heavy atom. The van der Waals surface area contributed by atoms with Crippen molar-refractivity contribution in [3.63, 3.8) is 0 Å². The minimum absolute atomic E-state index is 0.0447. The maximum atomic E-state index is 11.8. The molecule has 0 aromatic carbocycles. The molecule has 2 fully saturated rings. The highest BCUT2D eigenvalue weighted by Gasteiger charge is 2.25. The second-order valence-corrected chi connectivity index (χ2v) is 4.82. The molecular formula is C12H22N2O3. The molecule has 2 atom stereocenters. The summed E-state index contributed by atoms with van der Waals surface area (Å²) in [5.74, 6) is 0.0447. The zero-order valence-corrected chi connectivity index (χ0v) is 10.5. The van der Waals surface area contributed by atoms with Crippen LogP contribution in [0.4, 0.5) is 0 Å². The van der Waals surface area contributed by atoms with Gasteiger partial charge in [-0.1, -0.05) is 0 Å². The molecule has 1 N–H and O–H groups in total. The lowest BCUT2D eigenvalue weighted by molar-refractivity contribution is -0.130. The van der Waals surface area contributed by atoms with Crippen LogP contribution in [0.1, 0.15) is 19.8 Å². The molecule has 0 aromatic rings. The number of nitrogens with zero attached hydrogens (tertiary/aromatic N) is 1. The highest BCUT2D eigenvalue weighted by Crippen LogP contribution is 2.12. The molecule has 98 valence electrons. The van der Waals surface area contributed by atoms with E-state index in [9.17, 15) is 4.79 Å². The van der Waals surface area contributed by atoms with Crippen LogP contribution in [0.15, 0.2) is 0 Å². The molecular weight excluding hydrogens is 220 g/mol. The molecule has 2 aliphatic rings. The third-order valence-electron chi connectivity index (χ3n) is 3.25. The average molecular weight is 242 g/mol. The summed E-state index contributed by atoms with van der Waals surface area (Å²) >= 11 is 0. The number of rotatable bonds is 4. The predicted molar refractivity (Wildman–Crippen MR) is 63.8 cm³/mol. The van der Waals surface area contributed by atoms with Crippen molar-refractivity contribution < 1.29 is 14.3 Å². The minimum atomic E-state index is -0.220. The summed E-state index contributed by atoms with van der Waals surface area (Å²) in [6.07, 6.45) is 1.63. The van der Waals surface area contributed by atoms with Gasteiger partial charge in [-0.3, -0.25) is 9.69 Å². The van der Waals surface area contributed by atoms with E-state index in [4.69, 9.17) is 9.47 Å². The Kier molecular flexibility index (Phi) is 4.76. The van der Waals surface area contributed by atoms with Gasteiger partial charge in [-0.2, -0.15) is 0 Å². The zero-order valence-electron chi connectivity index (χ0n) is 10.5. The lowest BCUT2D eigenvalue weighted by Crippen LogP contribution is -2.48. The third kappa shape index (κ3) is 3.94. The highest BCUT2D eigenvalue weighted by molar-refractivity contribution is 5.81. The Morgan fingerprint density at radius 2 is 2.18 bits per heavy atom. The number of ether oxygens (including phenoxy) is 2. The molecule has 0 radical (unpaired) electrons. The molecule has 0 bridgehead atoms. The fourth-order valence-corrected chi connectivity index (χ4v) is 2.34. The van der Waals surface area contributed by atoms with Crippen LogP contribution in [-0.4, -0.2) is 62.4 Å². The number of carbonyl (C=O) groups is 1. The van der Waals surface area contributed by atoms with Crippen molar-refractivity contribution in [2.75, 3.05) is 39.5 Å². The van der Waals surface area contributed by atoms with Gasteiger partial charge in [0.2, 0.25) is 5.91 Å². The molecule has 17 heavy (non-hydrogen) atoms. The van der Waals surface area contributed by atoms with Crippen LogP contribution < -0.4 is 5.32 Å². The Bertz CT molecular complexity index is 248. The van der Waals surface area contributed by atoms with Crippen molar-refractivity contribution in [2.24, 2.45) is 0 Å². The summed E-state index contributed by atoms with van der Waals surface area (Å²) in [5.41, 5.74) is 0. The lowest BCUT2D eigenvalue weighted by atomic mass is 10.2. The summed E-state index contributed by atoms with van der Waals surface area (Å²) in [6, 6.07) is 0.171. The topological polar surface area (TPSA) is 50.8 Å². The van der Waals surface area contributed by atoms with Crippen molar-refractivity contribution >= 4 is 5.91 Å². The van der Waals surface area contributed by atoms with Crippen molar-refractivity contribution in [1.82, 2.24) is 10.2 Å². The van der Waals surface area contributed by atoms with Gasteiger partial charge in [-0.05, 0) is 19.8 Å². The number of hydrogen-bond donors (Lipinski definition) is 1. The average Bonchev–Trinajstić information content (AvgIpc) is 2.83. The quantitative estimate of drug-likeness (QED) is 0.754. The third-order valence-corrected chi connectivity index (χ3v) is 3.25. The number of morpholine rings is 1. The Hall–Kier alpha value is -0.650. The van der Waals surface area contributed by atoms with E-state index in [1.807, 2.05) is 6.92 Å². The maximum absolute atomic E-state index is 11.8. The number of amides is 1. The van der Waals surface area contributed by atoms with Crippen LogP contribution in [0.3, 0.4) is 0 Å². The molecule has 2 aliphatic heterocycles. The number of hydrogen-bond acceptors (Lipinski definition) is 4. The van der Waals surface area contributed by atoms with Gasteiger partial charge in [0.15, 0.2) is 0 Å². The van der Waals surface area contributed by atoms with E-state index in [2.05, 4.69) is 10.2 Å². The van der Waals surface area contributed by atoms with Crippen molar-refractivity contribution in [3.8, 4) is 0 Å². The van der Waals surface area contributed by atoms with E-state index in [0.29, 0.717) is 0 Å². The molecule has 5 heteroatoms. The summed E-state index contributed by atoms with van der Waals surface area (Å²) in [4.78, 5) is 14.1. The fraction of sp³-hybridized carbons (Fsp3) is 0.917. The van der Waals surface area contributed by atoms with Crippen molar-refractivity contribution in [1.29, 1.82) is 0 Å². The van der Waals surface area contributed by atoms with Crippen LogP contribution in [-0.2, 0) is 14.3 Å². The van der Waals surface area contributed by atoms with Gasteiger partial charge in [-0.25, -0.2) is 0 Å². The smallest absolute Gasteiger partial charge is 0.249 e. The predicted octanol–water partition coefficient (Wildman–Crippen LogP) is 0.00230. The molecule has 2 heterocycles. The first-order chi connectivity index (χ1) is 8.25. The van der Waals surface area contributed by atoms with E-state index in [-0.39, 0.29) is 18.1 Å². The summed E-state index contributed by atoms with van der Waals surface area (Å²) in [5, 5.41) is 3.02. The van der Waals surface area contributed by atoms with Crippen molar-refractivity contribution in [3.05, 3.63) is 0 Å². The molecule has 5 nitrogen and oxygen atoms in total. The van der Waals surface area contributed by atoms with Crippen LogP contribution in [0.2, 0.25) is 0 Å². The first-order valence-corrected chi connectivity index (χ1v) is 6.48. The van der Waals surface area contributed by atoms with Gasteiger partial charge in [0.05, 0.1) is 13.2 Å². The molecule has 2 saturated heterocycles. The van der Waals surface area contributed by atoms with E-state index in [0.717, 1.165) is 52.3 Å². The second-order valence-electron chi connectivity index (χ2n) is 4.82. The van der Waals surface area contributed by atoms with E-state index in [1.165, 1.54) is 0 Å². The standard InChI is InChI=1S/C12H22N2O3/c1-10(9-14-4-7-16-8-5-14)13-12(15)11-3-2-6-17-11/h10-11H,2-9H2,1H3,(H,13,15)/t10-,11-/m0/s1. The second kappa shape index (κ2) is 6.33. The van der Waals surface area contributed by atoms with Gasteiger partial charge in [0.25, 0.3) is 0 Å². The molecule has 0 aliphatic carbocycles. The Morgan fingerprint density at radius 1 is 1.41 bits per heavy atom. The van der Waals surface area contributed by atoms with Gasteiger partial charge in [-0.15, -0.1) is 0 Å². The van der Waals surface area contributed by atoms with Crippen molar-refractivity contribution in [2.45, 2.75) is 31.9 Å². The summed E-state index contributed by atoms with van der Waals surface area (Å²) < 4.78 is 10.7. The Balaban J connectivity index is 1.68. The maximum Gasteiger partial charge on any atom is 0.249 e. The van der Waals surface area contributed by atoms with Crippen LogP contribution in [0.25, 0.3) is 0 Å². The van der Waals surface area contributed by atoms with Crippen LogP contribution in [0, 0.1) is 0 Å². The SMILES string of the molecule is C[C@@H](CN1CCOCC1)NC(=O)[C@@H]1CCCO1. The molecule has 0 aromatic heterocycles. The van der Waals surface area contributed by atoms with Crippen LogP contribution >= 0.6 is 0 Å². The van der Waals surface area contributed by atoms with E-state index >= 15 is 0 Å². The highest BCUT2D eigenvalue weighted by atomic mass is 16.5. The van der Waals surface area contributed by atoms with E-state index < -0.39 is 0 Å². The summed E-state index contributed by atoms with van der Waals surface area (Å²) in [7, 11) is 0. The van der Waals surface area contributed by atoms with E-state index in [1.54, 1.807) is 0 Å². The van der Waals surface area contributed by atoms with Gasteiger partial charge < -0.3 is 14.8 Å². The molecule has 0 saturated carbocycles. The number of carbonyl (C=O) groups excluding carboxylic acids is 1. The fourth-order valence-electron chi connectivity index (χ4n) is 2.34.